The van der Waals surface area contributed by atoms with Gasteiger partial charge in [0.05, 0.1) is 0 Å². The van der Waals surface area contributed by atoms with Crippen LogP contribution in [0.25, 0.3) is 0 Å². The van der Waals surface area contributed by atoms with E-state index in [1.165, 1.54) is 0 Å². The highest BCUT2D eigenvalue weighted by Gasteiger charge is 2.17. The molecule has 2 N–H and O–H groups in total. The van der Waals surface area contributed by atoms with E-state index in [2.05, 4.69) is 19.2 Å². The van der Waals surface area contributed by atoms with Crippen molar-refractivity contribution in [2.45, 2.75) is 32.7 Å². The Kier molecular flexibility index (Phi) is 5.70. The first-order valence-electron chi connectivity index (χ1n) is 6.12. The number of rotatable bonds is 7. The summed E-state index contributed by atoms with van der Waals surface area (Å²) in [5, 5.41) is 12.3. The van der Waals surface area contributed by atoms with Crippen LogP contribution in [0.5, 0.6) is 0 Å². The highest BCUT2D eigenvalue weighted by atomic mass is 16.4. The molecule has 3 nitrogen and oxygen atoms in total. The molecular weight excluding hydrogens is 214 g/mol. The van der Waals surface area contributed by atoms with Gasteiger partial charge in [0.2, 0.25) is 0 Å². The molecule has 0 spiro atoms. The van der Waals surface area contributed by atoms with Gasteiger partial charge in [-0.25, -0.2) is 0 Å². The van der Waals surface area contributed by atoms with Crippen molar-refractivity contribution in [2.24, 2.45) is 5.92 Å². The molecule has 0 radical (unpaired) electrons. The van der Waals surface area contributed by atoms with Crippen molar-refractivity contribution in [3.05, 3.63) is 35.9 Å². The molecule has 0 saturated heterocycles. The van der Waals surface area contributed by atoms with Crippen molar-refractivity contribution in [2.75, 3.05) is 6.54 Å². The van der Waals surface area contributed by atoms with Crippen LogP contribution in [0.4, 0.5) is 0 Å². The number of carboxylic acids is 1. The monoisotopic (exact) mass is 235 g/mol. The second-order valence-corrected chi connectivity index (χ2v) is 4.67. The first-order chi connectivity index (χ1) is 8.11. The smallest absolute Gasteiger partial charge is 0.325 e. The third-order valence-corrected chi connectivity index (χ3v) is 2.69. The van der Waals surface area contributed by atoms with E-state index in [9.17, 15) is 9.90 Å². The van der Waals surface area contributed by atoms with Crippen LogP contribution in [0.15, 0.2) is 30.3 Å². The van der Waals surface area contributed by atoms with E-state index in [0.29, 0.717) is 5.92 Å². The van der Waals surface area contributed by atoms with E-state index < -0.39 is 12.0 Å². The summed E-state index contributed by atoms with van der Waals surface area (Å²) in [6.45, 7) is 5.09. The first-order valence-corrected chi connectivity index (χ1v) is 6.12. The summed E-state index contributed by atoms with van der Waals surface area (Å²) in [6.07, 6.45) is 2.13. The van der Waals surface area contributed by atoms with E-state index >= 15 is 0 Å². The fraction of sp³-hybridized carbons (Fsp3) is 0.500. The Morgan fingerprint density at radius 1 is 1.29 bits per heavy atom. The topological polar surface area (TPSA) is 49.3 Å². The fourth-order valence-electron chi connectivity index (χ4n) is 1.75. The molecule has 3 heteroatoms. The number of hydrogen-bond acceptors (Lipinski definition) is 2. The molecule has 0 aliphatic rings. The Balaban J connectivity index is 2.48. The predicted molar refractivity (Wildman–Crippen MR) is 68.9 cm³/mol. The van der Waals surface area contributed by atoms with Crippen LogP contribution in [0.2, 0.25) is 0 Å². The SMILES string of the molecule is CC(C)CCCN[C@H](C(=O)O)c1ccccc1. The minimum Gasteiger partial charge on any atom is -0.480 e. The van der Waals surface area contributed by atoms with E-state index in [1.54, 1.807) is 0 Å². The van der Waals surface area contributed by atoms with Gasteiger partial charge in [0.1, 0.15) is 6.04 Å². The van der Waals surface area contributed by atoms with Crippen LogP contribution in [0, 0.1) is 5.92 Å². The van der Waals surface area contributed by atoms with Crippen molar-refractivity contribution in [3.63, 3.8) is 0 Å². The van der Waals surface area contributed by atoms with Gasteiger partial charge >= 0.3 is 5.97 Å². The maximum Gasteiger partial charge on any atom is 0.325 e. The van der Waals surface area contributed by atoms with Gasteiger partial charge in [-0.1, -0.05) is 44.2 Å². The van der Waals surface area contributed by atoms with Crippen molar-refractivity contribution in [1.82, 2.24) is 5.32 Å². The van der Waals surface area contributed by atoms with E-state index in [4.69, 9.17) is 0 Å². The van der Waals surface area contributed by atoms with Gasteiger partial charge in [-0.15, -0.1) is 0 Å². The summed E-state index contributed by atoms with van der Waals surface area (Å²) >= 11 is 0. The molecule has 0 amide bonds. The van der Waals surface area contributed by atoms with Gasteiger partial charge in [-0.2, -0.15) is 0 Å². The fourth-order valence-corrected chi connectivity index (χ4v) is 1.75. The van der Waals surface area contributed by atoms with Crippen LogP contribution >= 0.6 is 0 Å². The summed E-state index contributed by atoms with van der Waals surface area (Å²) in [5.41, 5.74) is 0.810. The Morgan fingerprint density at radius 2 is 1.94 bits per heavy atom. The van der Waals surface area contributed by atoms with Crippen LogP contribution in [0.3, 0.4) is 0 Å². The molecule has 0 bridgehead atoms. The van der Waals surface area contributed by atoms with E-state index in [-0.39, 0.29) is 0 Å². The summed E-state index contributed by atoms with van der Waals surface area (Å²) in [5.74, 6) is -0.155. The van der Waals surface area contributed by atoms with Gasteiger partial charge < -0.3 is 10.4 Å². The number of hydrogen-bond donors (Lipinski definition) is 2. The molecule has 17 heavy (non-hydrogen) atoms. The highest BCUT2D eigenvalue weighted by molar-refractivity contribution is 5.75. The second-order valence-electron chi connectivity index (χ2n) is 4.67. The van der Waals surface area contributed by atoms with Gasteiger partial charge in [0.15, 0.2) is 0 Å². The highest BCUT2D eigenvalue weighted by Crippen LogP contribution is 2.13. The largest absolute Gasteiger partial charge is 0.480 e. The van der Waals surface area contributed by atoms with Gasteiger partial charge in [-0.05, 0) is 30.9 Å². The maximum atomic E-state index is 11.2. The van der Waals surface area contributed by atoms with Crippen molar-refractivity contribution >= 4 is 5.97 Å². The zero-order chi connectivity index (χ0) is 12.7. The average Bonchev–Trinajstić information content (AvgIpc) is 2.29. The molecule has 0 fully saturated rings. The lowest BCUT2D eigenvalue weighted by Gasteiger charge is -2.15. The van der Waals surface area contributed by atoms with Crippen molar-refractivity contribution in [1.29, 1.82) is 0 Å². The molecular formula is C14H21NO2. The first kappa shape index (κ1) is 13.7. The summed E-state index contributed by atoms with van der Waals surface area (Å²) in [4.78, 5) is 11.2. The lowest BCUT2D eigenvalue weighted by atomic mass is 10.1. The third-order valence-electron chi connectivity index (χ3n) is 2.69. The van der Waals surface area contributed by atoms with Crippen molar-refractivity contribution in [3.8, 4) is 0 Å². The predicted octanol–water partition coefficient (Wildman–Crippen LogP) is 2.84. The minimum atomic E-state index is -0.819. The molecule has 1 aromatic rings. The molecule has 1 atom stereocenters. The molecule has 0 saturated carbocycles. The van der Waals surface area contributed by atoms with E-state index in [1.807, 2.05) is 30.3 Å². The van der Waals surface area contributed by atoms with Crippen LogP contribution in [-0.2, 0) is 4.79 Å². The van der Waals surface area contributed by atoms with Crippen molar-refractivity contribution < 1.29 is 9.90 Å². The summed E-state index contributed by atoms with van der Waals surface area (Å²) in [7, 11) is 0. The number of benzene rings is 1. The molecule has 1 aromatic carbocycles. The van der Waals surface area contributed by atoms with Crippen LogP contribution in [-0.4, -0.2) is 17.6 Å². The molecule has 94 valence electrons. The molecule has 0 unspecified atom stereocenters. The zero-order valence-electron chi connectivity index (χ0n) is 10.5. The molecule has 1 rings (SSSR count). The van der Waals surface area contributed by atoms with Gasteiger partial charge in [0, 0.05) is 0 Å². The summed E-state index contributed by atoms with van der Waals surface area (Å²) in [6, 6.07) is 8.70. The van der Waals surface area contributed by atoms with Crippen LogP contribution in [0.1, 0.15) is 38.3 Å². The maximum absolute atomic E-state index is 11.2. The van der Waals surface area contributed by atoms with Crippen LogP contribution < -0.4 is 5.32 Å². The van der Waals surface area contributed by atoms with Gasteiger partial charge in [0.25, 0.3) is 0 Å². The average molecular weight is 235 g/mol. The number of carboxylic acid groups (broad SMARTS) is 1. The molecule has 0 aliphatic heterocycles. The molecule has 0 aromatic heterocycles. The number of nitrogens with one attached hydrogen (secondary N) is 1. The lowest BCUT2D eigenvalue weighted by Crippen LogP contribution is -2.29. The Labute approximate surface area is 103 Å². The third kappa shape index (κ3) is 5.00. The Hall–Kier alpha value is -1.35. The Morgan fingerprint density at radius 3 is 2.47 bits per heavy atom. The lowest BCUT2D eigenvalue weighted by molar-refractivity contribution is -0.139. The standard InChI is InChI=1S/C14H21NO2/c1-11(2)7-6-10-15-13(14(16)17)12-8-4-3-5-9-12/h3-5,8-9,11,13,15H,6-7,10H2,1-2H3,(H,16,17)/t13-/m0/s1. The molecule has 0 aliphatic carbocycles. The summed E-state index contributed by atoms with van der Waals surface area (Å²) < 4.78 is 0. The zero-order valence-corrected chi connectivity index (χ0v) is 10.5. The Bertz CT molecular complexity index is 335. The molecule has 0 heterocycles. The number of carbonyl (C=O) groups is 1. The number of aliphatic carboxylic acids is 1. The van der Waals surface area contributed by atoms with E-state index in [0.717, 1.165) is 24.9 Å². The quantitative estimate of drug-likeness (QED) is 0.714. The minimum absolute atomic E-state index is 0.594. The normalized spacial score (nSPS) is 12.6. The second kappa shape index (κ2) is 7.07. The van der Waals surface area contributed by atoms with Gasteiger partial charge in [-0.3, -0.25) is 4.79 Å².